The summed E-state index contributed by atoms with van der Waals surface area (Å²) in [6.07, 6.45) is 3.78. The van der Waals surface area contributed by atoms with E-state index in [-0.39, 0.29) is 41.9 Å². The molecule has 5 rings (SSSR count). The first-order valence-electron chi connectivity index (χ1n) is 12.0. The van der Waals surface area contributed by atoms with Gasteiger partial charge in [0.15, 0.2) is 0 Å². The van der Waals surface area contributed by atoms with Crippen LogP contribution in [0.1, 0.15) is 42.6 Å². The van der Waals surface area contributed by atoms with Crippen molar-refractivity contribution in [2.45, 2.75) is 44.2 Å². The molecule has 2 saturated heterocycles. The molecule has 10 heteroatoms. The molecule has 3 heterocycles. The van der Waals surface area contributed by atoms with Gasteiger partial charge in [0.1, 0.15) is 23.5 Å². The first-order chi connectivity index (χ1) is 16.9. The highest BCUT2D eigenvalue weighted by Gasteiger charge is 2.50. The third-order valence-corrected chi connectivity index (χ3v) is 7.91. The molecule has 1 aromatic carbocycles. The number of nitriles is 1. The maximum Gasteiger partial charge on any atom is 0.271 e. The monoisotopic (exact) mass is 497 g/mol. The minimum atomic E-state index is -0.784. The Hall–Kier alpha value is -3.25. The number of carbonyl (C=O) groups excluding carboxylic acids is 3. The number of benzene rings is 1. The average Bonchev–Trinajstić information content (AvgIpc) is 3.61. The van der Waals surface area contributed by atoms with Crippen molar-refractivity contribution in [1.29, 1.82) is 5.26 Å². The summed E-state index contributed by atoms with van der Waals surface area (Å²) in [7, 11) is 1.54. The van der Waals surface area contributed by atoms with Crippen LogP contribution < -0.4 is 15.4 Å². The normalized spacial score (nSPS) is 26.3. The summed E-state index contributed by atoms with van der Waals surface area (Å²) in [5.41, 5.74) is 1.04. The van der Waals surface area contributed by atoms with E-state index in [2.05, 4.69) is 21.7 Å². The van der Waals surface area contributed by atoms with Gasteiger partial charge in [-0.3, -0.25) is 14.4 Å². The van der Waals surface area contributed by atoms with Crippen LogP contribution in [-0.2, 0) is 9.59 Å². The minimum Gasteiger partial charge on any atom is -0.496 e. The number of aromatic amines is 1. The number of hydrogen-bond donors (Lipinski definition) is 3. The molecule has 1 aliphatic carbocycles. The number of likely N-dealkylation sites (tertiary alicyclic amines) is 1. The summed E-state index contributed by atoms with van der Waals surface area (Å²) in [5, 5.41) is 16.5. The standard InChI is InChI=1S/C25H28ClN5O4/c1-35-21-9-15(26)8-19-18(21)10-20(30-19)25(34)31-12-14-3-2-4-17(14)22(31)24(33)29-16(11-27)7-13-5-6-28-23(13)32/h8-10,13-14,16-17,22,30H,2-7,12H2,1H3,(H,28,32)(H,29,33). The quantitative estimate of drug-likeness (QED) is 0.565. The van der Waals surface area contributed by atoms with Crippen LogP contribution in [0.25, 0.3) is 10.9 Å². The molecular formula is C25H28ClN5O4. The molecule has 3 fully saturated rings. The molecule has 5 atom stereocenters. The van der Waals surface area contributed by atoms with Gasteiger partial charge < -0.3 is 25.3 Å². The summed E-state index contributed by atoms with van der Waals surface area (Å²) >= 11 is 6.18. The lowest BCUT2D eigenvalue weighted by Crippen LogP contribution is -2.51. The summed E-state index contributed by atoms with van der Waals surface area (Å²) in [5.74, 6) is -0.0862. The van der Waals surface area contributed by atoms with Gasteiger partial charge in [0.25, 0.3) is 5.91 Å². The van der Waals surface area contributed by atoms with E-state index in [1.54, 1.807) is 30.2 Å². The second-order valence-electron chi connectivity index (χ2n) is 9.71. The van der Waals surface area contributed by atoms with Gasteiger partial charge in [0, 0.05) is 29.4 Å². The Balaban J connectivity index is 1.38. The molecule has 5 unspecified atom stereocenters. The Labute approximate surface area is 208 Å². The van der Waals surface area contributed by atoms with Crippen molar-refractivity contribution in [2.75, 3.05) is 20.2 Å². The number of rotatable bonds is 6. The number of nitrogens with one attached hydrogen (secondary N) is 3. The van der Waals surface area contributed by atoms with E-state index < -0.39 is 12.1 Å². The van der Waals surface area contributed by atoms with Crippen LogP contribution in [-0.4, -0.2) is 59.9 Å². The molecule has 3 amide bonds. The van der Waals surface area contributed by atoms with Crippen LogP contribution in [0.2, 0.25) is 5.02 Å². The number of aromatic nitrogens is 1. The van der Waals surface area contributed by atoms with Crippen LogP contribution >= 0.6 is 11.6 Å². The molecule has 35 heavy (non-hydrogen) atoms. The number of H-pyrrole nitrogens is 1. The Morgan fingerprint density at radius 1 is 1.31 bits per heavy atom. The topological polar surface area (TPSA) is 127 Å². The SMILES string of the molecule is COc1cc(Cl)cc2[nH]c(C(=O)N3CC4CCCC4C3C(=O)NC(C#N)CC3CCNC3=O)cc12. The van der Waals surface area contributed by atoms with E-state index in [1.165, 1.54) is 0 Å². The first-order valence-corrected chi connectivity index (χ1v) is 12.4. The fourth-order valence-corrected chi connectivity index (χ4v) is 6.22. The Bertz CT molecular complexity index is 1220. The summed E-state index contributed by atoms with van der Waals surface area (Å²) in [4.78, 5) is 43.8. The number of carbonyl (C=O) groups is 3. The van der Waals surface area contributed by atoms with E-state index in [9.17, 15) is 19.6 Å². The van der Waals surface area contributed by atoms with Gasteiger partial charge >= 0.3 is 0 Å². The molecule has 3 N–H and O–H groups in total. The average molecular weight is 498 g/mol. The number of methoxy groups -OCH3 is 1. The van der Waals surface area contributed by atoms with Crippen molar-refractivity contribution < 1.29 is 19.1 Å². The van der Waals surface area contributed by atoms with Gasteiger partial charge in [0.05, 0.1) is 18.7 Å². The molecule has 9 nitrogen and oxygen atoms in total. The number of amides is 3. The number of nitrogens with zero attached hydrogens (tertiary/aromatic N) is 2. The second kappa shape index (κ2) is 9.42. The maximum atomic E-state index is 13.6. The molecule has 1 saturated carbocycles. The van der Waals surface area contributed by atoms with Crippen LogP contribution in [0.4, 0.5) is 0 Å². The number of ether oxygens (including phenoxy) is 1. The van der Waals surface area contributed by atoms with Gasteiger partial charge in [-0.1, -0.05) is 18.0 Å². The number of fused-ring (bicyclic) bond motifs is 2. The van der Waals surface area contributed by atoms with Crippen molar-refractivity contribution in [2.24, 2.45) is 17.8 Å². The zero-order chi connectivity index (χ0) is 24.7. The lowest BCUT2D eigenvalue weighted by atomic mass is 9.92. The number of halogens is 1. The maximum absolute atomic E-state index is 13.6. The van der Waals surface area contributed by atoms with Gasteiger partial charge in [-0.05, 0) is 55.7 Å². The molecule has 0 spiro atoms. The summed E-state index contributed by atoms with van der Waals surface area (Å²) < 4.78 is 5.41. The third kappa shape index (κ3) is 4.31. The van der Waals surface area contributed by atoms with Crippen LogP contribution in [0.5, 0.6) is 5.75 Å². The Morgan fingerprint density at radius 3 is 2.86 bits per heavy atom. The first kappa shape index (κ1) is 23.5. The van der Waals surface area contributed by atoms with Crippen molar-refractivity contribution in [3.63, 3.8) is 0 Å². The fourth-order valence-electron chi connectivity index (χ4n) is 6.02. The zero-order valence-electron chi connectivity index (χ0n) is 19.5. The molecule has 0 bridgehead atoms. The van der Waals surface area contributed by atoms with E-state index in [4.69, 9.17) is 16.3 Å². The van der Waals surface area contributed by atoms with Crippen LogP contribution in [0.3, 0.4) is 0 Å². The second-order valence-corrected chi connectivity index (χ2v) is 10.1. The van der Waals surface area contributed by atoms with Crippen LogP contribution in [0, 0.1) is 29.1 Å². The highest BCUT2D eigenvalue weighted by molar-refractivity contribution is 6.31. The zero-order valence-corrected chi connectivity index (χ0v) is 20.2. The van der Waals surface area contributed by atoms with Crippen molar-refractivity contribution >= 4 is 40.2 Å². The smallest absolute Gasteiger partial charge is 0.271 e. The van der Waals surface area contributed by atoms with Crippen molar-refractivity contribution in [3.8, 4) is 11.8 Å². The highest BCUT2D eigenvalue weighted by Crippen LogP contribution is 2.43. The van der Waals surface area contributed by atoms with Gasteiger partial charge in [-0.25, -0.2) is 0 Å². The van der Waals surface area contributed by atoms with E-state index in [0.717, 1.165) is 24.6 Å². The predicted molar refractivity (Wildman–Crippen MR) is 129 cm³/mol. The number of hydrogen-bond acceptors (Lipinski definition) is 5. The van der Waals surface area contributed by atoms with Crippen molar-refractivity contribution in [3.05, 3.63) is 28.9 Å². The largest absolute Gasteiger partial charge is 0.496 e. The molecule has 184 valence electrons. The lowest BCUT2D eigenvalue weighted by Gasteiger charge is -2.28. The van der Waals surface area contributed by atoms with Crippen LogP contribution in [0.15, 0.2) is 18.2 Å². The van der Waals surface area contributed by atoms with Gasteiger partial charge in [-0.2, -0.15) is 5.26 Å². The molecule has 3 aliphatic rings. The Kier molecular flexibility index (Phi) is 6.32. The molecular weight excluding hydrogens is 470 g/mol. The highest BCUT2D eigenvalue weighted by atomic mass is 35.5. The Morgan fingerprint density at radius 2 is 2.14 bits per heavy atom. The predicted octanol–water partition coefficient (Wildman–Crippen LogP) is 2.61. The molecule has 2 aliphatic heterocycles. The van der Waals surface area contributed by atoms with Gasteiger partial charge in [0.2, 0.25) is 11.8 Å². The van der Waals surface area contributed by atoms with E-state index in [1.807, 2.05) is 0 Å². The van der Waals surface area contributed by atoms with Crippen molar-refractivity contribution in [1.82, 2.24) is 20.5 Å². The summed E-state index contributed by atoms with van der Waals surface area (Å²) in [6.45, 7) is 1.09. The third-order valence-electron chi connectivity index (χ3n) is 7.69. The summed E-state index contributed by atoms with van der Waals surface area (Å²) in [6, 6.07) is 5.84. The van der Waals surface area contributed by atoms with E-state index in [0.29, 0.717) is 41.5 Å². The molecule has 2 aromatic rings. The molecule has 1 aromatic heterocycles. The van der Waals surface area contributed by atoms with Gasteiger partial charge in [-0.15, -0.1) is 0 Å². The molecule has 0 radical (unpaired) electrons. The minimum absolute atomic E-state index is 0.0569. The fraction of sp³-hybridized carbons (Fsp3) is 0.520. The van der Waals surface area contributed by atoms with E-state index >= 15 is 0 Å². The lowest BCUT2D eigenvalue weighted by molar-refractivity contribution is -0.127.